The molecule has 1 aliphatic heterocycles. The fourth-order valence-corrected chi connectivity index (χ4v) is 4.57. The molecule has 9 heteroatoms. The fraction of sp³-hybridized carbons (Fsp3) is 0.423. The standard InChI is InChI=1S/C26H33N5O4/c1-5-35-24(32)19-10-12-31(13-11-19)21-15-23-22(29(3)26(34)30(23)4)14-20(21)28-25(33)27-16-18-8-6-17(2)7-9-18/h6-9,14-15,19H,5,10-13,16H2,1-4H3,(H2,27,28,33). The Morgan fingerprint density at radius 1 is 1.03 bits per heavy atom. The minimum atomic E-state index is -0.325. The molecule has 1 saturated heterocycles. The average Bonchev–Trinajstić information content (AvgIpc) is 3.07. The summed E-state index contributed by atoms with van der Waals surface area (Å²) in [6.07, 6.45) is 1.34. The van der Waals surface area contributed by atoms with Crippen LogP contribution < -0.4 is 21.2 Å². The van der Waals surface area contributed by atoms with E-state index in [4.69, 9.17) is 4.74 Å². The van der Waals surface area contributed by atoms with Gasteiger partial charge in [0.05, 0.1) is 34.9 Å². The van der Waals surface area contributed by atoms with Crippen molar-refractivity contribution >= 4 is 34.4 Å². The van der Waals surface area contributed by atoms with Gasteiger partial charge in [0.15, 0.2) is 0 Å². The van der Waals surface area contributed by atoms with E-state index in [2.05, 4.69) is 15.5 Å². The second-order valence-corrected chi connectivity index (χ2v) is 9.07. The lowest BCUT2D eigenvalue weighted by Crippen LogP contribution is -2.38. The van der Waals surface area contributed by atoms with Gasteiger partial charge in [-0.1, -0.05) is 29.8 Å². The van der Waals surface area contributed by atoms with Gasteiger partial charge in [0.25, 0.3) is 0 Å². The Morgan fingerprint density at radius 3 is 2.29 bits per heavy atom. The van der Waals surface area contributed by atoms with Crippen molar-refractivity contribution in [3.8, 4) is 0 Å². The van der Waals surface area contributed by atoms with Crippen LogP contribution in [0.2, 0.25) is 0 Å². The third kappa shape index (κ3) is 5.18. The van der Waals surface area contributed by atoms with Crippen molar-refractivity contribution in [1.82, 2.24) is 14.5 Å². The van der Waals surface area contributed by atoms with Gasteiger partial charge in [-0.05, 0) is 44.4 Å². The smallest absolute Gasteiger partial charge is 0.328 e. The summed E-state index contributed by atoms with van der Waals surface area (Å²) in [5, 5.41) is 5.89. The maximum Gasteiger partial charge on any atom is 0.328 e. The largest absolute Gasteiger partial charge is 0.466 e. The van der Waals surface area contributed by atoms with Crippen molar-refractivity contribution in [3.63, 3.8) is 0 Å². The first-order valence-corrected chi connectivity index (χ1v) is 12.0. The quantitative estimate of drug-likeness (QED) is 0.529. The minimum Gasteiger partial charge on any atom is -0.466 e. The monoisotopic (exact) mass is 479 g/mol. The Balaban J connectivity index is 1.57. The number of hydrogen-bond acceptors (Lipinski definition) is 5. The van der Waals surface area contributed by atoms with Crippen LogP contribution in [0.5, 0.6) is 0 Å². The molecule has 0 bridgehead atoms. The number of nitrogens with zero attached hydrogens (tertiary/aromatic N) is 3. The molecule has 9 nitrogen and oxygen atoms in total. The number of ether oxygens (including phenoxy) is 1. The Bertz CT molecular complexity index is 1280. The third-order valence-corrected chi connectivity index (χ3v) is 6.67. The zero-order valence-corrected chi connectivity index (χ0v) is 20.8. The molecule has 0 aliphatic carbocycles. The summed E-state index contributed by atoms with van der Waals surface area (Å²) >= 11 is 0. The number of carbonyl (C=O) groups is 2. The number of aryl methyl sites for hydroxylation is 3. The first kappa shape index (κ1) is 24.4. The summed E-state index contributed by atoms with van der Waals surface area (Å²) in [4.78, 5) is 39.7. The molecule has 2 heterocycles. The molecule has 1 fully saturated rings. The number of nitrogens with one attached hydrogen (secondary N) is 2. The number of aromatic nitrogens is 2. The summed E-state index contributed by atoms with van der Waals surface area (Å²) < 4.78 is 8.37. The number of urea groups is 1. The van der Waals surface area contributed by atoms with Crippen LogP contribution in [0.3, 0.4) is 0 Å². The highest BCUT2D eigenvalue weighted by atomic mass is 16.5. The number of carbonyl (C=O) groups excluding carboxylic acids is 2. The van der Waals surface area contributed by atoms with Gasteiger partial charge in [-0.15, -0.1) is 0 Å². The van der Waals surface area contributed by atoms with E-state index in [9.17, 15) is 14.4 Å². The number of benzene rings is 2. The fourth-order valence-electron chi connectivity index (χ4n) is 4.57. The topological polar surface area (TPSA) is 97.6 Å². The number of piperidine rings is 1. The van der Waals surface area contributed by atoms with Crippen LogP contribution in [0.25, 0.3) is 11.0 Å². The molecule has 0 radical (unpaired) electrons. The Morgan fingerprint density at radius 2 is 1.66 bits per heavy atom. The zero-order chi connectivity index (χ0) is 25.1. The molecule has 4 rings (SSSR count). The normalized spacial score (nSPS) is 14.2. The molecule has 2 aromatic carbocycles. The minimum absolute atomic E-state index is 0.120. The molecule has 0 spiro atoms. The number of anilines is 2. The summed E-state index contributed by atoms with van der Waals surface area (Å²) in [7, 11) is 3.46. The van der Waals surface area contributed by atoms with Crippen molar-refractivity contribution in [3.05, 3.63) is 58.0 Å². The highest BCUT2D eigenvalue weighted by Gasteiger charge is 2.28. The molecular formula is C26H33N5O4. The van der Waals surface area contributed by atoms with Crippen molar-refractivity contribution in [2.24, 2.45) is 20.0 Å². The number of fused-ring (bicyclic) bond motifs is 1. The van der Waals surface area contributed by atoms with Crippen LogP contribution in [-0.4, -0.2) is 40.8 Å². The molecule has 2 N–H and O–H groups in total. The Labute approximate surface area is 204 Å². The van der Waals surface area contributed by atoms with Crippen LogP contribution in [0.1, 0.15) is 30.9 Å². The number of esters is 1. The molecule has 0 atom stereocenters. The molecule has 2 amide bonds. The molecule has 35 heavy (non-hydrogen) atoms. The first-order valence-electron chi connectivity index (χ1n) is 12.0. The van der Waals surface area contributed by atoms with E-state index in [0.29, 0.717) is 44.8 Å². The Kier molecular flexibility index (Phi) is 7.14. The van der Waals surface area contributed by atoms with Crippen LogP contribution >= 0.6 is 0 Å². The summed E-state index contributed by atoms with van der Waals surface area (Å²) in [5.74, 6) is -0.271. The first-order chi connectivity index (χ1) is 16.8. The molecule has 1 aliphatic rings. The van der Waals surface area contributed by atoms with Crippen molar-refractivity contribution in [2.75, 3.05) is 29.9 Å². The summed E-state index contributed by atoms with van der Waals surface area (Å²) in [6.45, 7) is 5.91. The van der Waals surface area contributed by atoms with E-state index in [1.165, 1.54) is 0 Å². The number of imidazole rings is 1. The SMILES string of the molecule is CCOC(=O)C1CCN(c2cc3c(cc2NC(=O)NCc2ccc(C)cc2)n(C)c(=O)n3C)CC1. The second-order valence-electron chi connectivity index (χ2n) is 9.07. The van der Waals surface area contributed by atoms with Gasteiger partial charge in [-0.25, -0.2) is 9.59 Å². The lowest BCUT2D eigenvalue weighted by Gasteiger charge is -2.34. The summed E-state index contributed by atoms with van der Waals surface area (Å²) in [6, 6.07) is 11.5. The van der Waals surface area contributed by atoms with Gasteiger partial charge in [0.1, 0.15) is 0 Å². The van der Waals surface area contributed by atoms with Crippen LogP contribution in [-0.2, 0) is 30.2 Å². The lowest BCUT2D eigenvalue weighted by molar-refractivity contribution is -0.148. The highest BCUT2D eigenvalue weighted by molar-refractivity contribution is 5.98. The number of hydrogen-bond donors (Lipinski definition) is 2. The lowest BCUT2D eigenvalue weighted by atomic mass is 9.96. The van der Waals surface area contributed by atoms with Crippen LogP contribution in [0.15, 0.2) is 41.2 Å². The van der Waals surface area contributed by atoms with Gasteiger partial charge >= 0.3 is 17.7 Å². The van der Waals surface area contributed by atoms with E-state index in [-0.39, 0.29) is 23.6 Å². The van der Waals surface area contributed by atoms with Crippen molar-refractivity contribution in [2.45, 2.75) is 33.2 Å². The Hall–Kier alpha value is -3.75. The molecule has 3 aromatic rings. The van der Waals surface area contributed by atoms with E-state index >= 15 is 0 Å². The van der Waals surface area contributed by atoms with Crippen molar-refractivity contribution < 1.29 is 14.3 Å². The number of amides is 2. The molecule has 1 aromatic heterocycles. The molecule has 0 saturated carbocycles. The van der Waals surface area contributed by atoms with E-state index in [0.717, 1.165) is 27.8 Å². The van der Waals surface area contributed by atoms with Gasteiger partial charge < -0.3 is 20.3 Å². The molecule has 186 valence electrons. The zero-order valence-electron chi connectivity index (χ0n) is 20.8. The predicted octanol–water partition coefficient (Wildman–Crippen LogP) is 3.29. The van der Waals surface area contributed by atoms with Crippen molar-refractivity contribution in [1.29, 1.82) is 0 Å². The maximum absolute atomic E-state index is 12.8. The average molecular weight is 480 g/mol. The van der Waals surface area contributed by atoms with E-state index in [1.807, 2.05) is 50.2 Å². The van der Waals surface area contributed by atoms with E-state index in [1.54, 1.807) is 23.2 Å². The summed E-state index contributed by atoms with van der Waals surface area (Å²) in [5.41, 5.74) is 5.00. The molecule has 0 unspecified atom stereocenters. The maximum atomic E-state index is 12.8. The van der Waals surface area contributed by atoms with E-state index < -0.39 is 0 Å². The highest BCUT2D eigenvalue weighted by Crippen LogP contribution is 2.34. The predicted molar refractivity (Wildman–Crippen MR) is 137 cm³/mol. The van der Waals surface area contributed by atoms with Crippen LogP contribution in [0, 0.1) is 12.8 Å². The van der Waals surface area contributed by atoms with Gasteiger partial charge in [0, 0.05) is 33.7 Å². The second kappa shape index (κ2) is 10.2. The van der Waals surface area contributed by atoms with Gasteiger partial charge in [-0.2, -0.15) is 0 Å². The molecular weight excluding hydrogens is 446 g/mol. The number of rotatable bonds is 6. The third-order valence-electron chi connectivity index (χ3n) is 6.67. The van der Waals surface area contributed by atoms with Gasteiger partial charge in [0.2, 0.25) is 0 Å². The van der Waals surface area contributed by atoms with Crippen LogP contribution in [0.4, 0.5) is 16.2 Å². The van der Waals surface area contributed by atoms with Gasteiger partial charge in [-0.3, -0.25) is 13.9 Å².